The largest absolute Gasteiger partial charge is 0.377 e. The Labute approximate surface area is 156 Å². The average molecular weight is 357 g/mol. The number of amides is 1. The van der Waals surface area contributed by atoms with E-state index in [1.54, 1.807) is 0 Å². The van der Waals surface area contributed by atoms with Crippen molar-refractivity contribution in [2.24, 2.45) is 0 Å². The van der Waals surface area contributed by atoms with Crippen LogP contribution in [-0.4, -0.2) is 40.5 Å². The number of ether oxygens (including phenoxy) is 1. The van der Waals surface area contributed by atoms with Gasteiger partial charge in [0.15, 0.2) is 0 Å². The molecule has 2 aliphatic rings. The normalized spacial score (nSPS) is 18.7. The minimum Gasteiger partial charge on any atom is -0.377 e. The number of piperidine rings is 1. The van der Waals surface area contributed by atoms with E-state index < -0.39 is 0 Å². The van der Waals surface area contributed by atoms with Crippen LogP contribution in [-0.2, 0) is 16.1 Å². The van der Waals surface area contributed by atoms with Crippen LogP contribution in [0.25, 0.3) is 0 Å². The SMILES string of the molecule is CCOCc1cnc(C)nc1C1CCN(C(=O)CC2=CCCCC2)CC1. The van der Waals surface area contributed by atoms with Crippen LogP contribution in [0.15, 0.2) is 17.8 Å². The van der Waals surface area contributed by atoms with Crippen molar-refractivity contribution in [3.05, 3.63) is 34.9 Å². The molecule has 0 bridgehead atoms. The predicted molar refractivity (Wildman–Crippen MR) is 102 cm³/mol. The molecule has 3 rings (SSSR count). The molecule has 0 radical (unpaired) electrons. The van der Waals surface area contributed by atoms with Crippen molar-refractivity contribution >= 4 is 5.91 Å². The highest BCUT2D eigenvalue weighted by atomic mass is 16.5. The van der Waals surface area contributed by atoms with Crippen molar-refractivity contribution in [3.8, 4) is 0 Å². The summed E-state index contributed by atoms with van der Waals surface area (Å²) in [5.41, 5.74) is 3.55. The lowest BCUT2D eigenvalue weighted by molar-refractivity contribution is -0.131. The van der Waals surface area contributed by atoms with E-state index >= 15 is 0 Å². The summed E-state index contributed by atoms with van der Waals surface area (Å²) in [6.07, 6.45) is 11.5. The molecule has 26 heavy (non-hydrogen) atoms. The van der Waals surface area contributed by atoms with E-state index in [1.165, 1.54) is 18.4 Å². The van der Waals surface area contributed by atoms with Gasteiger partial charge in [0.1, 0.15) is 5.82 Å². The second-order valence-electron chi connectivity index (χ2n) is 7.40. The lowest BCUT2D eigenvalue weighted by Gasteiger charge is -2.33. The zero-order valence-corrected chi connectivity index (χ0v) is 16.2. The van der Waals surface area contributed by atoms with Gasteiger partial charge < -0.3 is 9.64 Å². The third-order valence-corrected chi connectivity index (χ3v) is 5.48. The van der Waals surface area contributed by atoms with Gasteiger partial charge in [-0.2, -0.15) is 0 Å². The monoisotopic (exact) mass is 357 g/mol. The van der Waals surface area contributed by atoms with Gasteiger partial charge in [-0.05, 0) is 52.4 Å². The summed E-state index contributed by atoms with van der Waals surface area (Å²) in [4.78, 5) is 23.7. The number of rotatable bonds is 6. The maximum absolute atomic E-state index is 12.6. The molecule has 1 aromatic heterocycles. The zero-order chi connectivity index (χ0) is 18.4. The Hall–Kier alpha value is -1.75. The molecule has 0 saturated carbocycles. The molecule has 5 heteroatoms. The number of aromatic nitrogens is 2. The minimum absolute atomic E-state index is 0.296. The molecular formula is C21H31N3O2. The third-order valence-electron chi connectivity index (χ3n) is 5.48. The van der Waals surface area contributed by atoms with Crippen LogP contribution in [0.2, 0.25) is 0 Å². The Bertz CT molecular complexity index is 649. The van der Waals surface area contributed by atoms with Crippen molar-refractivity contribution < 1.29 is 9.53 Å². The van der Waals surface area contributed by atoms with Gasteiger partial charge in [-0.1, -0.05) is 11.6 Å². The predicted octanol–water partition coefficient (Wildman–Crippen LogP) is 3.92. The maximum atomic E-state index is 12.6. The summed E-state index contributed by atoms with van der Waals surface area (Å²) in [7, 11) is 0. The van der Waals surface area contributed by atoms with Gasteiger partial charge in [0.05, 0.1) is 12.3 Å². The molecule has 1 amide bonds. The molecule has 0 unspecified atom stereocenters. The molecule has 1 fully saturated rings. The Morgan fingerprint density at radius 3 is 2.81 bits per heavy atom. The highest BCUT2D eigenvalue weighted by Gasteiger charge is 2.27. The van der Waals surface area contributed by atoms with E-state index in [1.807, 2.05) is 24.9 Å². The van der Waals surface area contributed by atoms with E-state index in [4.69, 9.17) is 9.72 Å². The fraction of sp³-hybridized carbons (Fsp3) is 0.667. The number of allylic oxidation sites excluding steroid dienone is 1. The number of hydrogen-bond donors (Lipinski definition) is 0. The standard InChI is InChI=1S/C21H31N3O2/c1-3-26-15-19-14-22-16(2)23-21(19)18-9-11-24(12-10-18)20(25)13-17-7-5-4-6-8-17/h7,14,18H,3-6,8-13,15H2,1-2H3. The van der Waals surface area contributed by atoms with E-state index in [-0.39, 0.29) is 0 Å². The summed E-state index contributed by atoms with van der Waals surface area (Å²) in [6.45, 7) is 6.85. The highest BCUT2D eigenvalue weighted by Crippen LogP contribution is 2.30. The topological polar surface area (TPSA) is 55.3 Å². The van der Waals surface area contributed by atoms with Gasteiger partial charge in [-0.3, -0.25) is 4.79 Å². The summed E-state index contributed by atoms with van der Waals surface area (Å²) in [6, 6.07) is 0. The molecule has 5 nitrogen and oxygen atoms in total. The van der Waals surface area contributed by atoms with Crippen LogP contribution in [0.4, 0.5) is 0 Å². The van der Waals surface area contributed by atoms with Crippen molar-refractivity contribution in [1.29, 1.82) is 0 Å². The van der Waals surface area contributed by atoms with Gasteiger partial charge in [-0.25, -0.2) is 9.97 Å². The minimum atomic E-state index is 0.296. The van der Waals surface area contributed by atoms with E-state index in [0.717, 1.165) is 55.9 Å². The first-order valence-electron chi connectivity index (χ1n) is 10.0. The second-order valence-corrected chi connectivity index (χ2v) is 7.40. The van der Waals surface area contributed by atoms with E-state index in [2.05, 4.69) is 11.1 Å². The number of carbonyl (C=O) groups is 1. The average Bonchev–Trinajstić information content (AvgIpc) is 2.68. The van der Waals surface area contributed by atoms with Gasteiger partial charge in [0.2, 0.25) is 5.91 Å². The molecule has 1 aliphatic carbocycles. The van der Waals surface area contributed by atoms with Gasteiger partial charge >= 0.3 is 0 Å². The van der Waals surface area contributed by atoms with E-state index in [9.17, 15) is 4.79 Å². The molecule has 142 valence electrons. The smallest absolute Gasteiger partial charge is 0.226 e. The van der Waals surface area contributed by atoms with Crippen LogP contribution in [0.1, 0.15) is 74.9 Å². The molecule has 0 aromatic carbocycles. The Morgan fingerprint density at radius 1 is 1.31 bits per heavy atom. The fourth-order valence-corrected chi connectivity index (χ4v) is 3.96. The molecule has 1 aliphatic heterocycles. The van der Waals surface area contributed by atoms with Crippen LogP contribution < -0.4 is 0 Å². The molecule has 0 spiro atoms. The first-order valence-corrected chi connectivity index (χ1v) is 10.0. The maximum Gasteiger partial charge on any atom is 0.226 e. The van der Waals surface area contributed by atoms with Gasteiger partial charge in [0, 0.05) is 43.8 Å². The second kappa shape index (κ2) is 9.26. The van der Waals surface area contributed by atoms with Crippen molar-refractivity contribution in [1.82, 2.24) is 14.9 Å². The van der Waals surface area contributed by atoms with Crippen molar-refractivity contribution in [3.63, 3.8) is 0 Å². The lowest BCUT2D eigenvalue weighted by atomic mass is 9.90. The third kappa shape index (κ3) is 4.91. The first kappa shape index (κ1) is 19.0. The number of carbonyl (C=O) groups excluding carboxylic acids is 1. The summed E-state index contributed by atoms with van der Waals surface area (Å²) in [5.74, 6) is 1.50. The molecule has 1 aromatic rings. The van der Waals surface area contributed by atoms with Crippen molar-refractivity contribution in [2.75, 3.05) is 19.7 Å². The van der Waals surface area contributed by atoms with Crippen LogP contribution >= 0.6 is 0 Å². The Kier molecular flexibility index (Phi) is 6.78. The fourth-order valence-electron chi connectivity index (χ4n) is 3.96. The van der Waals surface area contributed by atoms with Crippen LogP contribution in [0.3, 0.4) is 0 Å². The van der Waals surface area contributed by atoms with Gasteiger partial charge in [-0.15, -0.1) is 0 Å². The quantitative estimate of drug-likeness (QED) is 0.724. The summed E-state index contributed by atoms with van der Waals surface area (Å²) in [5, 5.41) is 0. The first-order chi connectivity index (χ1) is 12.7. The Balaban J connectivity index is 1.58. The van der Waals surface area contributed by atoms with E-state index in [0.29, 0.717) is 31.5 Å². The molecule has 1 saturated heterocycles. The number of hydrogen-bond acceptors (Lipinski definition) is 4. The Morgan fingerprint density at radius 2 is 2.12 bits per heavy atom. The molecule has 0 atom stereocenters. The molecular weight excluding hydrogens is 326 g/mol. The van der Waals surface area contributed by atoms with Crippen LogP contribution in [0, 0.1) is 6.92 Å². The zero-order valence-electron chi connectivity index (χ0n) is 16.2. The molecule has 0 N–H and O–H groups in total. The summed E-state index contributed by atoms with van der Waals surface area (Å²) < 4.78 is 5.58. The van der Waals surface area contributed by atoms with Crippen LogP contribution in [0.5, 0.6) is 0 Å². The van der Waals surface area contributed by atoms with Crippen molar-refractivity contribution in [2.45, 2.75) is 71.3 Å². The lowest BCUT2D eigenvalue weighted by Crippen LogP contribution is -2.38. The number of aryl methyl sites for hydroxylation is 1. The summed E-state index contributed by atoms with van der Waals surface area (Å²) >= 11 is 0. The highest BCUT2D eigenvalue weighted by molar-refractivity contribution is 5.78. The van der Waals surface area contributed by atoms with Gasteiger partial charge in [0.25, 0.3) is 0 Å². The number of likely N-dealkylation sites (tertiary alicyclic amines) is 1. The number of nitrogens with zero attached hydrogens (tertiary/aromatic N) is 3. The molecule has 2 heterocycles.